The average molecular weight is 444 g/mol. The molecule has 8 nitrogen and oxygen atoms in total. The highest BCUT2D eigenvalue weighted by molar-refractivity contribution is 5.93. The Morgan fingerprint density at radius 2 is 1.58 bits per heavy atom. The van der Waals surface area contributed by atoms with E-state index in [1.165, 1.54) is 6.33 Å². The van der Waals surface area contributed by atoms with Crippen molar-refractivity contribution in [2.45, 2.75) is 6.42 Å². The molecule has 0 saturated heterocycles. The lowest BCUT2D eigenvalue weighted by atomic mass is 10.2. The normalized spacial score (nSPS) is 10.5. The zero-order chi connectivity index (χ0) is 23.0. The summed E-state index contributed by atoms with van der Waals surface area (Å²) in [4.78, 5) is 20.9. The molecule has 0 aliphatic rings. The van der Waals surface area contributed by atoms with Gasteiger partial charge in [0.2, 0.25) is 5.91 Å². The Hall–Kier alpha value is -4.33. The summed E-state index contributed by atoms with van der Waals surface area (Å²) >= 11 is 0. The van der Waals surface area contributed by atoms with Crippen LogP contribution < -0.4 is 24.8 Å². The number of hydrogen-bond acceptors (Lipinski definition) is 7. The average Bonchev–Trinajstić information content (AvgIpc) is 2.85. The number of carbonyl (C=O) groups excluding carboxylic acids is 1. The molecule has 1 heterocycles. The minimum atomic E-state index is -0.116. The van der Waals surface area contributed by atoms with Crippen molar-refractivity contribution in [3.63, 3.8) is 0 Å². The van der Waals surface area contributed by atoms with E-state index in [0.29, 0.717) is 29.6 Å². The second kappa shape index (κ2) is 10.3. The summed E-state index contributed by atoms with van der Waals surface area (Å²) in [6, 6.07) is 20.4. The number of para-hydroxylation sites is 1. The van der Waals surface area contributed by atoms with Crippen molar-refractivity contribution < 1.29 is 19.0 Å². The maximum atomic E-state index is 12.2. The van der Waals surface area contributed by atoms with Gasteiger partial charge in [0.1, 0.15) is 17.9 Å². The number of carbonyl (C=O) groups is 1. The maximum Gasteiger partial charge on any atom is 0.227 e. The standard InChI is InChI=1S/C25H24N4O4/c1-31-22-14-20-21(15-23(22)32-2)26-16-27-25(20)29-18-10-8-17(9-11-18)28-24(30)12-13-33-19-6-4-3-5-7-19/h3-11,14-16H,12-13H2,1-2H3,(H,28,30)(H,26,27,29). The zero-order valence-corrected chi connectivity index (χ0v) is 18.4. The van der Waals surface area contributed by atoms with Gasteiger partial charge in [-0.15, -0.1) is 0 Å². The molecule has 0 aliphatic carbocycles. The van der Waals surface area contributed by atoms with Crippen molar-refractivity contribution >= 4 is 34.0 Å². The number of aromatic nitrogens is 2. The SMILES string of the molecule is COc1cc2ncnc(Nc3ccc(NC(=O)CCOc4ccccc4)cc3)c2cc1OC. The molecule has 0 radical (unpaired) electrons. The molecule has 0 spiro atoms. The molecule has 1 aromatic heterocycles. The fourth-order valence-corrected chi connectivity index (χ4v) is 3.26. The number of hydrogen-bond donors (Lipinski definition) is 2. The molecule has 0 bridgehead atoms. The van der Waals surface area contributed by atoms with Crippen LogP contribution in [0.15, 0.2) is 73.1 Å². The van der Waals surface area contributed by atoms with Crippen molar-refractivity contribution in [3.8, 4) is 17.2 Å². The number of anilines is 3. The lowest BCUT2D eigenvalue weighted by molar-refractivity contribution is -0.116. The largest absolute Gasteiger partial charge is 0.493 e. The second-order valence-corrected chi connectivity index (χ2v) is 7.11. The fraction of sp³-hybridized carbons (Fsp3) is 0.160. The zero-order valence-electron chi connectivity index (χ0n) is 18.4. The van der Waals surface area contributed by atoms with E-state index in [9.17, 15) is 4.79 Å². The van der Waals surface area contributed by atoms with Crippen molar-refractivity contribution in [1.82, 2.24) is 9.97 Å². The van der Waals surface area contributed by atoms with E-state index >= 15 is 0 Å². The Bertz CT molecular complexity index is 1230. The van der Waals surface area contributed by atoms with Gasteiger partial charge in [-0.05, 0) is 42.5 Å². The molecule has 0 fully saturated rings. The molecule has 0 unspecified atom stereocenters. The van der Waals surface area contributed by atoms with Gasteiger partial charge < -0.3 is 24.8 Å². The van der Waals surface area contributed by atoms with E-state index in [2.05, 4.69) is 20.6 Å². The molecule has 4 aromatic rings. The minimum Gasteiger partial charge on any atom is -0.493 e. The highest BCUT2D eigenvalue weighted by atomic mass is 16.5. The third-order valence-corrected chi connectivity index (χ3v) is 4.91. The van der Waals surface area contributed by atoms with Crippen LogP contribution in [0.2, 0.25) is 0 Å². The molecule has 1 amide bonds. The number of ether oxygens (including phenoxy) is 3. The Kier molecular flexibility index (Phi) is 6.84. The van der Waals surface area contributed by atoms with Gasteiger partial charge >= 0.3 is 0 Å². The number of benzene rings is 3. The highest BCUT2D eigenvalue weighted by Crippen LogP contribution is 2.34. The molecule has 4 rings (SSSR count). The molecule has 3 aromatic carbocycles. The molecular formula is C25H24N4O4. The fourth-order valence-electron chi connectivity index (χ4n) is 3.26. The monoisotopic (exact) mass is 444 g/mol. The van der Waals surface area contributed by atoms with E-state index in [0.717, 1.165) is 22.3 Å². The van der Waals surface area contributed by atoms with Crippen molar-refractivity contribution in [3.05, 3.63) is 73.1 Å². The predicted octanol–water partition coefficient (Wildman–Crippen LogP) is 4.80. The van der Waals surface area contributed by atoms with Crippen LogP contribution in [0.5, 0.6) is 17.2 Å². The number of amides is 1. The van der Waals surface area contributed by atoms with E-state index < -0.39 is 0 Å². The number of nitrogens with zero attached hydrogens (tertiary/aromatic N) is 2. The number of methoxy groups -OCH3 is 2. The molecule has 2 N–H and O–H groups in total. The van der Waals surface area contributed by atoms with E-state index in [1.807, 2.05) is 60.7 Å². The van der Waals surface area contributed by atoms with Crippen molar-refractivity contribution in [2.24, 2.45) is 0 Å². The van der Waals surface area contributed by atoms with Crippen LogP contribution in [0.1, 0.15) is 6.42 Å². The Labute approximate surface area is 191 Å². The van der Waals surface area contributed by atoms with E-state index in [-0.39, 0.29) is 12.3 Å². The summed E-state index contributed by atoms with van der Waals surface area (Å²) in [5, 5.41) is 6.96. The lowest BCUT2D eigenvalue weighted by Crippen LogP contribution is -2.15. The first kappa shape index (κ1) is 21.9. The van der Waals surface area contributed by atoms with Crippen LogP contribution in [0, 0.1) is 0 Å². The molecule has 33 heavy (non-hydrogen) atoms. The van der Waals surface area contributed by atoms with Gasteiger partial charge in [-0.2, -0.15) is 0 Å². The third kappa shape index (κ3) is 5.48. The van der Waals surface area contributed by atoms with Crippen molar-refractivity contribution in [1.29, 1.82) is 0 Å². The first-order chi connectivity index (χ1) is 16.2. The summed E-state index contributed by atoms with van der Waals surface area (Å²) in [6.07, 6.45) is 1.75. The first-order valence-electron chi connectivity index (χ1n) is 10.4. The first-order valence-corrected chi connectivity index (χ1v) is 10.4. The van der Waals surface area contributed by atoms with Gasteiger partial charge in [0, 0.05) is 22.8 Å². The topological polar surface area (TPSA) is 94.6 Å². The molecule has 168 valence electrons. The Morgan fingerprint density at radius 3 is 2.30 bits per heavy atom. The molecular weight excluding hydrogens is 420 g/mol. The van der Waals surface area contributed by atoms with Crippen LogP contribution >= 0.6 is 0 Å². The van der Waals surface area contributed by atoms with Crippen molar-refractivity contribution in [2.75, 3.05) is 31.5 Å². The summed E-state index contributed by atoms with van der Waals surface area (Å²) in [5.74, 6) is 2.46. The molecule has 8 heteroatoms. The molecule has 0 aliphatic heterocycles. The van der Waals surface area contributed by atoms with Crippen LogP contribution in [0.4, 0.5) is 17.2 Å². The lowest BCUT2D eigenvalue weighted by Gasteiger charge is -2.12. The van der Waals surface area contributed by atoms with Gasteiger partial charge in [0.15, 0.2) is 11.5 Å². The van der Waals surface area contributed by atoms with Crippen LogP contribution in [0.3, 0.4) is 0 Å². The number of fused-ring (bicyclic) bond motifs is 1. The van der Waals surface area contributed by atoms with Gasteiger partial charge in [0.25, 0.3) is 0 Å². The van der Waals surface area contributed by atoms with Gasteiger partial charge in [0.05, 0.1) is 32.8 Å². The van der Waals surface area contributed by atoms with E-state index in [4.69, 9.17) is 14.2 Å². The minimum absolute atomic E-state index is 0.116. The predicted molar refractivity (Wildman–Crippen MR) is 128 cm³/mol. The van der Waals surface area contributed by atoms with Gasteiger partial charge in [-0.25, -0.2) is 9.97 Å². The molecule has 0 saturated carbocycles. The van der Waals surface area contributed by atoms with E-state index in [1.54, 1.807) is 20.3 Å². The summed E-state index contributed by atoms with van der Waals surface area (Å²) in [5.41, 5.74) is 2.24. The summed E-state index contributed by atoms with van der Waals surface area (Å²) in [6.45, 7) is 0.310. The number of rotatable bonds is 9. The van der Waals surface area contributed by atoms with Crippen LogP contribution in [-0.4, -0.2) is 36.7 Å². The second-order valence-electron chi connectivity index (χ2n) is 7.11. The quantitative estimate of drug-likeness (QED) is 0.383. The summed E-state index contributed by atoms with van der Waals surface area (Å²) in [7, 11) is 3.17. The smallest absolute Gasteiger partial charge is 0.227 e. The molecule has 0 atom stereocenters. The number of nitrogens with one attached hydrogen (secondary N) is 2. The Morgan fingerprint density at radius 1 is 0.879 bits per heavy atom. The van der Waals surface area contributed by atoms with Crippen LogP contribution in [-0.2, 0) is 4.79 Å². The van der Waals surface area contributed by atoms with Gasteiger partial charge in [-0.1, -0.05) is 18.2 Å². The highest BCUT2D eigenvalue weighted by Gasteiger charge is 2.11. The maximum absolute atomic E-state index is 12.2. The summed E-state index contributed by atoms with van der Waals surface area (Å²) < 4.78 is 16.3. The van der Waals surface area contributed by atoms with Gasteiger partial charge in [-0.3, -0.25) is 4.79 Å². The van der Waals surface area contributed by atoms with Crippen LogP contribution in [0.25, 0.3) is 10.9 Å². The Balaban J connectivity index is 1.38. The third-order valence-electron chi connectivity index (χ3n) is 4.91.